The minimum absolute atomic E-state index is 0.160. The molecule has 1 atom stereocenters. The third-order valence-electron chi connectivity index (χ3n) is 4.28. The van der Waals surface area contributed by atoms with Crippen molar-refractivity contribution in [3.05, 3.63) is 56.8 Å². The number of hydrogen-bond acceptors (Lipinski definition) is 4. The van der Waals surface area contributed by atoms with E-state index in [1.807, 2.05) is 10.9 Å². The van der Waals surface area contributed by atoms with Gasteiger partial charge in [-0.15, -0.1) is 0 Å². The van der Waals surface area contributed by atoms with E-state index in [4.69, 9.17) is 23.2 Å². The first kappa shape index (κ1) is 15.6. The molecule has 1 aromatic carbocycles. The Bertz CT molecular complexity index is 951. The summed E-state index contributed by atoms with van der Waals surface area (Å²) in [4.78, 5) is 21.9. The molecule has 1 saturated heterocycles. The Labute approximate surface area is 148 Å². The molecule has 0 saturated carbocycles. The fourth-order valence-electron chi connectivity index (χ4n) is 3.13. The lowest BCUT2D eigenvalue weighted by Gasteiger charge is -2.15. The number of rotatable bonds is 3. The van der Waals surface area contributed by atoms with Crippen LogP contribution in [0, 0.1) is 0 Å². The van der Waals surface area contributed by atoms with Gasteiger partial charge in [-0.05, 0) is 24.6 Å². The summed E-state index contributed by atoms with van der Waals surface area (Å²) >= 11 is 11.9. The van der Waals surface area contributed by atoms with E-state index >= 15 is 0 Å². The minimum atomic E-state index is -0.160. The van der Waals surface area contributed by atoms with Crippen LogP contribution in [0.2, 0.25) is 10.0 Å². The lowest BCUT2D eigenvalue weighted by Crippen LogP contribution is -2.24. The van der Waals surface area contributed by atoms with Crippen molar-refractivity contribution in [2.75, 3.05) is 13.1 Å². The molecule has 0 spiro atoms. The van der Waals surface area contributed by atoms with Crippen molar-refractivity contribution < 1.29 is 0 Å². The third-order valence-corrected chi connectivity index (χ3v) is 4.71. The molecule has 24 heavy (non-hydrogen) atoms. The molecule has 3 aromatic rings. The molecule has 2 aromatic heterocycles. The van der Waals surface area contributed by atoms with Crippen LogP contribution in [-0.2, 0) is 6.54 Å². The summed E-state index contributed by atoms with van der Waals surface area (Å²) in [5.74, 6) is 0.661. The highest BCUT2D eigenvalue weighted by molar-refractivity contribution is 6.31. The number of H-pyrrole nitrogens is 1. The molecule has 0 bridgehead atoms. The van der Waals surface area contributed by atoms with Gasteiger partial charge in [0.2, 0.25) is 0 Å². The van der Waals surface area contributed by atoms with Crippen molar-refractivity contribution in [3.8, 4) is 0 Å². The molecule has 6 nitrogen and oxygen atoms in total. The summed E-state index contributed by atoms with van der Waals surface area (Å²) in [6.45, 7) is 2.37. The predicted octanol–water partition coefficient (Wildman–Crippen LogP) is 2.87. The molecule has 4 rings (SSSR count). The van der Waals surface area contributed by atoms with E-state index in [0.29, 0.717) is 39.4 Å². The number of hydrogen-bond donors (Lipinski definition) is 1. The number of aromatic nitrogens is 4. The zero-order chi connectivity index (χ0) is 16.7. The Morgan fingerprint density at radius 2 is 2.17 bits per heavy atom. The largest absolute Gasteiger partial charge is 0.309 e. The maximum absolute atomic E-state index is 12.2. The highest BCUT2D eigenvalue weighted by Gasteiger charge is 2.25. The van der Waals surface area contributed by atoms with E-state index < -0.39 is 0 Å². The van der Waals surface area contributed by atoms with Gasteiger partial charge in [0, 0.05) is 24.3 Å². The number of benzene rings is 1. The van der Waals surface area contributed by atoms with Gasteiger partial charge in [0.1, 0.15) is 5.82 Å². The summed E-state index contributed by atoms with van der Waals surface area (Å²) in [7, 11) is 0. The molecule has 124 valence electrons. The van der Waals surface area contributed by atoms with Crippen molar-refractivity contribution in [3.63, 3.8) is 0 Å². The second-order valence-corrected chi connectivity index (χ2v) is 6.86. The monoisotopic (exact) mass is 363 g/mol. The number of aromatic amines is 1. The van der Waals surface area contributed by atoms with Crippen LogP contribution in [0.3, 0.4) is 0 Å². The Morgan fingerprint density at radius 3 is 2.96 bits per heavy atom. The normalized spacial score (nSPS) is 18.5. The van der Waals surface area contributed by atoms with Gasteiger partial charge in [-0.3, -0.25) is 14.4 Å². The van der Waals surface area contributed by atoms with Gasteiger partial charge in [0.25, 0.3) is 5.56 Å². The number of fused-ring (bicyclic) bond motifs is 1. The van der Waals surface area contributed by atoms with Crippen LogP contribution in [0.5, 0.6) is 0 Å². The molecule has 1 aliphatic heterocycles. The van der Waals surface area contributed by atoms with Gasteiger partial charge in [0.15, 0.2) is 0 Å². The Kier molecular flexibility index (Phi) is 4.04. The average Bonchev–Trinajstić information content (AvgIpc) is 3.17. The van der Waals surface area contributed by atoms with Gasteiger partial charge in [-0.25, -0.2) is 4.98 Å². The molecule has 1 N–H and O–H groups in total. The molecule has 3 heterocycles. The number of nitrogens with one attached hydrogen (secondary N) is 1. The van der Waals surface area contributed by atoms with E-state index in [2.05, 4.69) is 20.0 Å². The number of likely N-dealkylation sites (tertiary alicyclic amines) is 1. The van der Waals surface area contributed by atoms with E-state index in [0.717, 1.165) is 19.5 Å². The van der Waals surface area contributed by atoms with E-state index in [1.165, 1.54) is 0 Å². The fraction of sp³-hybridized carbons (Fsp3) is 0.312. The molecule has 0 amide bonds. The van der Waals surface area contributed by atoms with Gasteiger partial charge in [-0.1, -0.05) is 23.2 Å². The first-order chi connectivity index (χ1) is 11.6. The smallest absolute Gasteiger partial charge is 0.258 e. The SMILES string of the molecule is O=c1[nH]c(CN2CCC(n3cc(Cl)cn3)C2)nc2ccc(Cl)cc12. The molecule has 1 unspecified atom stereocenters. The molecule has 0 aliphatic carbocycles. The van der Waals surface area contributed by atoms with Crippen LogP contribution >= 0.6 is 23.2 Å². The van der Waals surface area contributed by atoms with E-state index in [-0.39, 0.29) is 5.56 Å². The second-order valence-electron chi connectivity index (χ2n) is 5.99. The number of nitrogens with zero attached hydrogens (tertiary/aromatic N) is 4. The molecule has 8 heteroatoms. The van der Waals surface area contributed by atoms with Gasteiger partial charge in [-0.2, -0.15) is 5.10 Å². The number of halogens is 2. The standard InChI is InChI=1S/C16H15Cl2N5O/c17-10-1-2-14-13(5-10)16(24)21-15(20-14)9-22-4-3-12(8-22)23-7-11(18)6-19-23/h1-2,5-7,12H,3-4,8-9H2,(H,20,21,24). The fourth-order valence-corrected chi connectivity index (χ4v) is 3.45. The van der Waals surface area contributed by atoms with Crippen LogP contribution in [-0.4, -0.2) is 37.7 Å². The zero-order valence-corrected chi connectivity index (χ0v) is 14.3. The summed E-state index contributed by atoms with van der Waals surface area (Å²) in [5, 5.41) is 5.96. The molecule has 1 fully saturated rings. The summed E-state index contributed by atoms with van der Waals surface area (Å²) in [5.41, 5.74) is 0.500. The van der Waals surface area contributed by atoms with Gasteiger partial charge in [0.05, 0.1) is 34.7 Å². The molecular weight excluding hydrogens is 349 g/mol. The van der Waals surface area contributed by atoms with Crippen LogP contribution in [0.25, 0.3) is 10.9 Å². The summed E-state index contributed by atoms with van der Waals surface area (Å²) < 4.78 is 1.90. The van der Waals surface area contributed by atoms with Crippen LogP contribution in [0.1, 0.15) is 18.3 Å². The van der Waals surface area contributed by atoms with Crippen molar-refractivity contribution in [2.45, 2.75) is 19.0 Å². The lowest BCUT2D eigenvalue weighted by molar-refractivity contribution is 0.304. The highest BCUT2D eigenvalue weighted by atomic mass is 35.5. The lowest BCUT2D eigenvalue weighted by atomic mass is 10.2. The van der Waals surface area contributed by atoms with Crippen LogP contribution in [0.4, 0.5) is 0 Å². The molecule has 1 aliphatic rings. The molecular formula is C16H15Cl2N5O. The highest BCUT2D eigenvalue weighted by Crippen LogP contribution is 2.23. The van der Waals surface area contributed by atoms with Crippen molar-refractivity contribution in [2.24, 2.45) is 0 Å². The van der Waals surface area contributed by atoms with E-state index in [1.54, 1.807) is 24.4 Å². The van der Waals surface area contributed by atoms with Crippen LogP contribution in [0.15, 0.2) is 35.4 Å². The first-order valence-corrected chi connectivity index (χ1v) is 8.44. The predicted molar refractivity (Wildman–Crippen MR) is 93.5 cm³/mol. The van der Waals surface area contributed by atoms with Crippen molar-refractivity contribution in [1.29, 1.82) is 0 Å². The van der Waals surface area contributed by atoms with Gasteiger partial charge < -0.3 is 4.98 Å². The average molecular weight is 364 g/mol. The summed E-state index contributed by atoms with van der Waals surface area (Å²) in [6, 6.07) is 5.45. The minimum Gasteiger partial charge on any atom is -0.309 e. The first-order valence-electron chi connectivity index (χ1n) is 7.69. The quantitative estimate of drug-likeness (QED) is 0.776. The Balaban J connectivity index is 1.53. The molecule has 0 radical (unpaired) electrons. The summed E-state index contributed by atoms with van der Waals surface area (Å²) in [6.07, 6.45) is 4.48. The topological polar surface area (TPSA) is 66.8 Å². The maximum Gasteiger partial charge on any atom is 0.258 e. The van der Waals surface area contributed by atoms with Crippen LogP contribution < -0.4 is 5.56 Å². The van der Waals surface area contributed by atoms with Gasteiger partial charge >= 0.3 is 0 Å². The third kappa shape index (κ3) is 3.05. The van der Waals surface area contributed by atoms with E-state index in [9.17, 15) is 4.79 Å². The zero-order valence-electron chi connectivity index (χ0n) is 12.7. The Morgan fingerprint density at radius 1 is 1.29 bits per heavy atom. The second kappa shape index (κ2) is 6.20. The van der Waals surface area contributed by atoms with Crippen molar-refractivity contribution >= 4 is 34.1 Å². The van der Waals surface area contributed by atoms with Crippen molar-refractivity contribution in [1.82, 2.24) is 24.6 Å². The Hall–Kier alpha value is -1.89. The maximum atomic E-state index is 12.2.